The van der Waals surface area contributed by atoms with E-state index in [0.717, 1.165) is 31.0 Å². The van der Waals surface area contributed by atoms with Crippen LogP contribution in [0.5, 0.6) is 11.5 Å². The summed E-state index contributed by atoms with van der Waals surface area (Å²) in [4.78, 5) is 28.7. The Hall–Kier alpha value is -4.54. The van der Waals surface area contributed by atoms with Gasteiger partial charge in [-0.3, -0.25) is 14.7 Å². The first kappa shape index (κ1) is 26.1. The number of nitrogens with one attached hydrogen (secondary N) is 2. The molecular weight excluding hydrogens is 516 g/mol. The van der Waals surface area contributed by atoms with Gasteiger partial charge in [0, 0.05) is 42.8 Å². The normalized spacial score (nSPS) is 13.2. The van der Waals surface area contributed by atoms with Crippen molar-refractivity contribution in [3.05, 3.63) is 89.6 Å². The van der Waals surface area contributed by atoms with Crippen LogP contribution in [0.15, 0.2) is 67.1 Å². The van der Waals surface area contributed by atoms with Gasteiger partial charge in [-0.25, -0.2) is 9.37 Å². The van der Waals surface area contributed by atoms with Crippen LogP contribution in [0.2, 0.25) is 0 Å². The number of hydrogen-bond acceptors (Lipinski definition) is 5. The predicted octanol–water partition coefficient (Wildman–Crippen LogP) is 6.12. The summed E-state index contributed by atoms with van der Waals surface area (Å²) < 4.78 is 60.7. The molecule has 2 aromatic heterocycles. The van der Waals surface area contributed by atoms with Gasteiger partial charge in [-0.1, -0.05) is 12.1 Å². The molecule has 1 amide bonds. The molecule has 2 N–H and O–H groups in total. The van der Waals surface area contributed by atoms with Crippen LogP contribution in [-0.2, 0) is 28.6 Å². The highest BCUT2D eigenvalue weighted by atomic mass is 19.4. The molecule has 2 aromatic carbocycles. The number of carbonyl (C=O) groups excluding carboxylic acids is 2. The summed E-state index contributed by atoms with van der Waals surface area (Å²) in [6, 6.07) is 10.5. The highest BCUT2D eigenvalue weighted by molar-refractivity contribution is 5.93. The molecule has 39 heavy (non-hydrogen) atoms. The third-order valence-corrected chi connectivity index (χ3v) is 6.11. The van der Waals surface area contributed by atoms with E-state index < -0.39 is 17.6 Å². The predicted molar refractivity (Wildman–Crippen MR) is 134 cm³/mol. The lowest BCUT2D eigenvalue weighted by atomic mass is 9.97. The van der Waals surface area contributed by atoms with Gasteiger partial charge in [0.2, 0.25) is 5.91 Å². The maximum Gasteiger partial charge on any atom is 0.416 e. The van der Waals surface area contributed by atoms with E-state index in [4.69, 9.17) is 4.74 Å². The molecule has 0 radical (unpaired) electrons. The number of nitrogens with zero attached hydrogens (tertiary/aromatic N) is 2. The minimum atomic E-state index is -4.59. The molecule has 2 heterocycles. The first-order chi connectivity index (χ1) is 18.6. The van der Waals surface area contributed by atoms with Crippen LogP contribution < -0.4 is 10.1 Å². The third-order valence-electron chi connectivity index (χ3n) is 6.11. The quantitative estimate of drug-likeness (QED) is 0.250. The van der Waals surface area contributed by atoms with Crippen LogP contribution in [0.4, 0.5) is 23.4 Å². The number of amides is 1. The molecule has 0 spiro atoms. The zero-order valence-electron chi connectivity index (χ0n) is 20.4. The Morgan fingerprint density at radius 2 is 1.79 bits per heavy atom. The molecule has 1 saturated carbocycles. The van der Waals surface area contributed by atoms with Crippen molar-refractivity contribution in [1.82, 2.24) is 15.2 Å². The number of aromatic nitrogens is 3. The lowest BCUT2D eigenvalue weighted by Gasteiger charge is -2.12. The largest absolute Gasteiger partial charge is 0.454 e. The number of aromatic amines is 1. The van der Waals surface area contributed by atoms with Crippen LogP contribution >= 0.6 is 0 Å². The van der Waals surface area contributed by atoms with Crippen molar-refractivity contribution >= 4 is 17.5 Å². The summed E-state index contributed by atoms with van der Waals surface area (Å²) in [6.07, 6.45) is 0.934. The van der Waals surface area contributed by atoms with Crippen LogP contribution in [0, 0.1) is 11.7 Å². The van der Waals surface area contributed by atoms with Gasteiger partial charge in [0.15, 0.2) is 11.6 Å². The van der Waals surface area contributed by atoms with Crippen molar-refractivity contribution in [3.8, 4) is 22.6 Å². The Morgan fingerprint density at radius 3 is 2.49 bits per heavy atom. The Balaban J connectivity index is 1.25. The fraction of sp³-hybridized carbons (Fsp3) is 0.214. The van der Waals surface area contributed by atoms with Crippen molar-refractivity contribution in [2.75, 3.05) is 5.32 Å². The first-order valence-electron chi connectivity index (χ1n) is 12.1. The van der Waals surface area contributed by atoms with Crippen LogP contribution in [-0.4, -0.2) is 26.9 Å². The van der Waals surface area contributed by atoms with Crippen LogP contribution in [0.3, 0.4) is 0 Å². The summed E-state index contributed by atoms with van der Waals surface area (Å²) in [5, 5.41) is 9.01. The van der Waals surface area contributed by atoms with Crippen molar-refractivity contribution in [2.24, 2.45) is 5.92 Å². The monoisotopic (exact) mass is 538 g/mol. The zero-order valence-corrected chi connectivity index (χ0v) is 20.4. The van der Waals surface area contributed by atoms with Gasteiger partial charge in [-0.15, -0.1) is 0 Å². The van der Waals surface area contributed by atoms with Gasteiger partial charge >= 0.3 is 6.18 Å². The minimum Gasteiger partial charge on any atom is -0.454 e. The SMILES string of the molecule is O=C(Cc1cc(-c2cn[nH]c2)cc(C(F)(F)F)c1)Cc1ccc(Oc2ccnc(NC(=O)C3CC3)c2)c(F)c1. The number of ether oxygens (including phenoxy) is 1. The second-order valence-corrected chi connectivity index (χ2v) is 9.30. The summed E-state index contributed by atoms with van der Waals surface area (Å²) in [7, 11) is 0. The zero-order chi connectivity index (χ0) is 27.6. The van der Waals surface area contributed by atoms with Gasteiger partial charge < -0.3 is 10.1 Å². The number of pyridine rings is 1. The number of H-pyrrole nitrogens is 1. The molecule has 0 bridgehead atoms. The van der Waals surface area contributed by atoms with E-state index in [1.54, 1.807) is 0 Å². The van der Waals surface area contributed by atoms with Crippen LogP contribution in [0.1, 0.15) is 29.5 Å². The average molecular weight is 539 g/mol. The van der Waals surface area contributed by atoms with Gasteiger partial charge in [0.1, 0.15) is 17.4 Å². The van der Waals surface area contributed by atoms with Crippen molar-refractivity contribution in [2.45, 2.75) is 31.9 Å². The molecule has 5 rings (SSSR count). The van der Waals surface area contributed by atoms with E-state index in [9.17, 15) is 27.2 Å². The summed E-state index contributed by atoms with van der Waals surface area (Å²) >= 11 is 0. The standard InChI is InChI=1S/C28H22F4N4O3/c29-24-11-16(1-4-25(24)39-23-5-6-33-26(13-23)36-27(38)18-2-3-18)9-22(37)10-17-7-19(20-14-34-35-15-20)12-21(8-17)28(30,31)32/h1,4-8,11-15,18H,2-3,9-10H2,(H,34,35)(H,33,36,38). The van der Waals surface area contributed by atoms with Gasteiger partial charge in [-0.2, -0.15) is 18.3 Å². The van der Waals surface area contributed by atoms with Gasteiger partial charge in [-0.05, 0) is 59.9 Å². The molecule has 4 aromatic rings. The van der Waals surface area contributed by atoms with E-state index in [2.05, 4.69) is 20.5 Å². The number of halogens is 4. The van der Waals surface area contributed by atoms with E-state index in [1.807, 2.05) is 0 Å². The molecule has 0 aliphatic heterocycles. The van der Waals surface area contributed by atoms with Crippen molar-refractivity contribution < 1.29 is 31.9 Å². The maximum atomic E-state index is 14.8. The molecule has 200 valence electrons. The van der Waals surface area contributed by atoms with E-state index in [1.165, 1.54) is 48.9 Å². The second kappa shape index (κ2) is 10.7. The Morgan fingerprint density at radius 1 is 1.00 bits per heavy atom. The third kappa shape index (κ3) is 6.67. The number of alkyl halides is 3. The molecule has 0 unspecified atom stereocenters. The topological polar surface area (TPSA) is 97.0 Å². The maximum absolute atomic E-state index is 14.8. The number of rotatable bonds is 9. The summed E-state index contributed by atoms with van der Waals surface area (Å²) in [5.41, 5.74) is 0.398. The minimum absolute atomic E-state index is 0.00356. The number of benzene rings is 2. The van der Waals surface area contributed by atoms with Gasteiger partial charge in [0.05, 0.1) is 11.8 Å². The Bertz CT molecular complexity index is 1520. The highest BCUT2D eigenvalue weighted by Crippen LogP contribution is 2.34. The molecule has 11 heteroatoms. The second-order valence-electron chi connectivity index (χ2n) is 9.30. The molecule has 1 aliphatic rings. The number of Topliss-reactive ketones (excluding diaryl/α,β-unsaturated/α-hetero) is 1. The summed E-state index contributed by atoms with van der Waals surface area (Å²) in [5.74, 6) is -0.777. The van der Waals surface area contributed by atoms with Crippen LogP contribution in [0.25, 0.3) is 11.1 Å². The Kier molecular flexibility index (Phi) is 7.14. The molecular formula is C28H22F4N4O3. The number of hydrogen-bond donors (Lipinski definition) is 2. The molecule has 7 nitrogen and oxygen atoms in total. The molecule has 0 saturated heterocycles. The molecule has 1 aliphatic carbocycles. The van der Waals surface area contributed by atoms with E-state index in [0.29, 0.717) is 11.1 Å². The lowest BCUT2D eigenvalue weighted by Crippen LogP contribution is -2.14. The van der Waals surface area contributed by atoms with Crippen molar-refractivity contribution in [1.29, 1.82) is 0 Å². The number of anilines is 1. The number of carbonyl (C=O) groups is 2. The smallest absolute Gasteiger partial charge is 0.416 e. The first-order valence-corrected chi connectivity index (χ1v) is 12.1. The number of ketones is 1. The van der Waals surface area contributed by atoms with Gasteiger partial charge in [0.25, 0.3) is 0 Å². The molecule has 1 fully saturated rings. The fourth-order valence-electron chi connectivity index (χ4n) is 4.03. The highest BCUT2D eigenvalue weighted by Gasteiger charge is 2.32. The van der Waals surface area contributed by atoms with Crippen molar-refractivity contribution in [3.63, 3.8) is 0 Å². The summed E-state index contributed by atoms with van der Waals surface area (Å²) in [6.45, 7) is 0. The Labute approximate surface area is 220 Å². The molecule has 0 atom stereocenters. The lowest BCUT2D eigenvalue weighted by molar-refractivity contribution is -0.137. The fourth-order valence-corrected chi connectivity index (χ4v) is 4.03. The average Bonchev–Trinajstić information content (AvgIpc) is 3.59. The van der Waals surface area contributed by atoms with E-state index in [-0.39, 0.29) is 58.9 Å². The van der Waals surface area contributed by atoms with E-state index >= 15 is 0 Å².